The predicted octanol–water partition coefficient (Wildman–Crippen LogP) is 2.25. The number of esters is 2. The summed E-state index contributed by atoms with van der Waals surface area (Å²) >= 11 is 3.86. The summed E-state index contributed by atoms with van der Waals surface area (Å²) in [5.74, 6) is -4.26. The zero-order chi connectivity index (χ0) is 34.5. The Balaban J connectivity index is 1.36. The number of fused-ring (bicyclic) bond motifs is 5. The maximum atomic E-state index is 14.0. The van der Waals surface area contributed by atoms with Gasteiger partial charge in [0.05, 0.1) is 35.0 Å². The van der Waals surface area contributed by atoms with Crippen LogP contribution in [0, 0.1) is 5.92 Å². The van der Waals surface area contributed by atoms with Crippen molar-refractivity contribution in [2.75, 3.05) is 6.54 Å². The first-order valence-electron chi connectivity index (χ1n) is 16.3. The van der Waals surface area contributed by atoms with Crippen LogP contribution in [-0.2, 0) is 53.8 Å². The van der Waals surface area contributed by atoms with E-state index in [-0.39, 0.29) is 29.7 Å². The van der Waals surface area contributed by atoms with E-state index in [0.717, 1.165) is 28.5 Å². The molecule has 3 aliphatic heterocycles. The van der Waals surface area contributed by atoms with Gasteiger partial charge in [-0.1, -0.05) is 58.7 Å². The summed E-state index contributed by atoms with van der Waals surface area (Å²) in [5, 5.41) is 3.77. The van der Waals surface area contributed by atoms with E-state index in [1.165, 1.54) is 4.90 Å². The van der Waals surface area contributed by atoms with Gasteiger partial charge in [0.15, 0.2) is 0 Å². The number of amides is 2. The molecular formula is C34H38BN5O7S. The predicted molar refractivity (Wildman–Crippen MR) is 181 cm³/mol. The molecule has 3 aliphatic rings. The number of carbonyl (C=O) groups excluding carboxylic acids is 4. The van der Waals surface area contributed by atoms with Crippen molar-refractivity contribution in [2.45, 2.75) is 90.2 Å². The van der Waals surface area contributed by atoms with Crippen LogP contribution in [0.4, 0.5) is 0 Å². The number of ether oxygens (including phenoxy) is 2. The average Bonchev–Trinajstić information content (AvgIpc) is 3.72. The maximum absolute atomic E-state index is 14.0. The summed E-state index contributed by atoms with van der Waals surface area (Å²) < 4.78 is 15.6. The molecule has 250 valence electrons. The number of aryl methyl sites for hydroxylation is 1. The third-order valence-electron chi connectivity index (χ3n) is 9.77. The molecule has 3 aromatic rings. The van der Waals surface area contributed by atoms with Crippen LogP contribution in [0.25, 0.3) is 22.3 Å². The monoisotopic (exact) mass is 671 g/mol. The Morgan fingerprint density at radius 1 is 1.19 bits per heavy atom. The van der Waals surface area contributed by atoms with E-state index in [9.17, 15) is 24.0 Å². The minimum atomic E-state index is -1.94. The number of nitrogens with zero attached hydrogens (tertiary/aromatic N) is 3. The molecule has 48 heavy (non-hydrogen) atoms. The van der Waals surface area contributed by atoms with Crippen molar-refractivity contribution in [3.8, 4) is 11.4 Å². The number of hydrogen-bond donors (Lipinski definition) is 3. The molecule has 6 rings (SSSR count). The lowest BCUT2D eigenvalue weighted by Gasteiger charge is -2.37. The van der Waals surface area contributed by atoms with E-state index in [4.69, 9.17) is 22.3 Å². The van der Waals surface area contributed by atoms with E-state index in [1.807, 2.05) is 24.3 Å². The summed E-state index contributed by atoms with van der Waals surface area (Å²) in [7, 11) is 5.80. The van der Waals surface area contributed by atoms with Gasteiger partial charge >= 0.3 is 11.9 Å². The zero-order valence-corrected chi connectivity index (χ0v) is 28.3. The highest BCUT2D eigenvalue weighted by atomic mass is 32.1. The molecule has 12 nitrogen and oxygen atoms in total. The second-order valence-electron chi connectivity index (χ2n) is 12.8. The summed E-state index contributed by atoms with van der Waals surface area (Å²) in [5.41, 5.74) is 2.20. The molecule has 4 atom stereocenters. The Morgan fingerprint density at radius 2 is 1.94 bits per heavy atom. The van der Waals surface area contributed by atoms with Gasteiger partial charge in [0, 0.05) is 23.1 Å². The van der Waals surface area contributed by atoms with E-state index < -0.39 is 53.3 Å². The number of carbonyl (C=O) groups is 4. The fraction of sp³-hybridized carbons (Fsp3) is 0.471. The lowest BCUT2D eigenvalue weighted by molar-refractivity contribution is -0.191. The van der Waals surface area contributed by atoms with Gasteiger partial charge in [0.2, 0.25) is 17.4 Å². The van der Waals surface area contributed by atoms with Crippen LogP contribution in [0.2, 0.25) is 0 Å². The lowest BCUT2D eigenvalue weighted by Crippen LogP contribution is -2.56. The highest BCUT2D eigenvalue weighted by molar-refractivity contribution is 7.78. The molecule has 0 spiro atoms. The minimum Gasteiger partial charge on any atom is -0.457 e. The number of thiol groups is 1. The fourth-order valence-electron chi connectivity index (χ4n) is 7.19. The molecule has 1 saturated heterocycles. The molecule has 2 amide bonds. The number of pyridine rings is 2. The molecule has 5 heterocycles. The minimum absolute atomic E-state index is 0.0238. The highest BCUT2D eigenvalue weighted by Crippen LogP contribution is 2.42. The van der Waals surface area contributed by atoms with Crippen molar-refractivity contribution in [3.05, 3.63) is 62.9 Å². The van der Waals surface area contributed by atoms with Gasteiger partial charge in [-0.3, -0.25) is 19.1 Å². The standard InChI is InChI=1S/C34H38BN5O7S/c1-5-18-19-10-7-8-11-23(19)36-27-20(18)15-40-25(27)14-22-21(30(40)42)16-46-33(45)34(22,6-2)47-32(44)26(17(3)4)37-29(41)24-12-9-13-39(24)31(43)28(35)38-48/h7-8,10-11,14,17,24,26,28,38,48H,5-6,9,12-13,15-16H2,1-4H3,(H,37,41). The summed E-state index contributed by atoms with van der Waals surface area (Å²) in [6.07, 6.45) is 1.67. The molecule has 14 heteroatoms. The number of para-hydroxylation sites is 1. The van der Waals surface area contributed by atoms with E-state index >= 15 is 0 Å². The Morgan fingerprint density at radius 3 is 2.62 bits per heavy atom. The van der Waals surface area contributed by atoms with Crippen molar-refractivity contribution in [2.24, 2.45) is 5.92 Å². The second-order valence-corrected chi connectivity index (χ2v) is 13.1. The molecule has 2 radical (unpaired) electrons. The topological polar surface area (TPSA) is 149 Å². The van der Waals surface area contributed by atoms with Crippen LogP contribution < -0.4 is 15.6 Å². The Labute approximate surface area is 284 Å². The third kappa shape index (κ3) is 5.38. The maximum Gasteiger partial charge on any atom is 0.355 e. The molecule has 4 unspecified atom stereocenters. The van der Waals surface area contributed by atoms with Crippen LogP contribution >= 0.6 is 12.8 Å². The molecule has 1 fully saturated rings. The lowest BCUT2D eigenvalue weighted by atomic mass is 9.85. The molecule has 0 bridgehead atoms. The highest BCUT2D eigenvalue weighted by Gasteiger charge is 2.52. The molecule has 2 N–H and O–H groups in total. The number of nitrogens with one attached hydrogen (secondary N) is 2. The Bertz CT molecular complexity index is 1900. The number of likely N-dealkylation sites (tertiary alicyclic amines) is 1. The van der Waals surface area contributed by atoms with E-state index in [1.54, 1.807) is 31.4 Å². The SMILES string of the molecule is [B]C(NS)C(=O)N1CCCC1C(=O)NC(C(=O)OC1(CC)C(=O)OCc2c1cc1n(c2=O)Cc2c-1nc1ccccc1c2CC)C(C)C. The smallest absolute Gasteiger partial charge is 0.355 e. The summed E-state index contributed by atoms with van der Waals surface area (Å²) in [6, 6.07) is 7.52. The second kappa shape index (κ2) is 13.0. The van der Waals surface area contributed by atoms with Gasteiger partial charge < -0.3 is 24.3 Å². The number of benzene rings is 1. The van der Waals surface area contributed by atoms with Gasteiger partial charge in [-0.2, -0.15) is 0 Å². The zero-order valence-electron chi connectivity index (χ0n) is 27.4. The van der Waals surface area contributed by atoms with Crippen molar-refractivity contribution in [3.63, 3.8) is 0 Å². The molecule has 0 aliphatic carbocycles. The van der Waals surface area contributed by atoms with Crippen LogP contribution in [0.3, 0.4) is 0 Å². The van der Waals surface area contributed by atoms with Crippen molar-refractivity contribution < 1.29 is 28.7 Å². The van der Waals surface area contributed by atoms with E-state index in [0.29, 0.717) is 37.3 Å². The molecule has 0 saturated carbocycles. The van der Waals surface area contributed by atoms with Crippen molar-refractivity contribution in [1.29, 1.82) is 0 Å². The number of aromatic nitrogens is 2. The van der Waals surface area contributed by atoms with Gasteiger partial charge in [-0.05, 0) is 49.3 Å². The van der Waals surface area contributed by atoms with E-state index in [2.05, 4.69) is 29.8 Å². The first kappa shape index (κ1) is 33.7. The number of cyclic esters (lactones) is 1. The largest absolute Gasteiger partial charge is 0.457 e. The van der Waals surface area contributed by atoms with Gasteiger partial charge in [0.25, 0.3) is 5.56 Å². The van der Waals surface area contributed by atoms with Crippen molar-refractivity contribution in [1.82, 2.24) is 24.5 Å². The quantitative estimate of drug-likeness (QED) is 0.138. The molecule has 1 aromatic carbocycles. The first-order chi connectivity index (χ1) is 23.0. The van der Waals surface area contributed by atoms with Crippen molar-refractivity contribution >= 4 is 55.3 Å². The average molecular weight is 672 g/mol. The van der Waals surface area contributed by atoms with Gasteiger partial charge in [0.1, 0.15) is 26.5 Å². The number of hydrogen-bond acceptors (Lipinski definition) is 10. The van der Waals surface area contributed by atoms with Crippen LogP contribution in [0.15, 0.2) is 35.1 Å². The van der Waals surface area contributed by atoms with Crippen LogP contribution in [-0.4, -0.2) is 70.6 Å². The third-order valence-corrected chi connectivity index (χ3v) is 10.0. The van der Waals surface area contributed by atoms with Gasteiger partial charge in [-0.15, -0.1) is 0 Å². The number of rotatable bonds is 9. The summed E-state index contributed by atoms with van der Waals surface area (Å²) in [4.78, 5) is 74.2. The Hall–Kier alpha value is -4.17. The fourth-order valence-corrected chi connectivity index (χ4v) is 7.30. The molecular weight excluding hydrogens is 633 g/mol. The summed E-state index contributed by atoms with van der Waals surface area (Å²) in [6.45, 7) is 7.58. The Kier molecular flexibility index (Phi) is 9.16. The van der Waals surface area contributed by atoms with Gasteiger partial charge in [-0.25, -0.2) is 14.6 Å². The van der Waals surface area contributed by atoms with Crippen LogP contribution in [0.5, 0.6) is 0 Å². The normalized spacial score (nSPS) is 20.9. The van der Waals surface area contributed by atoms with Crippen LogP contribution in [0.1, 0.15) is 69.2 Å². The first-order valence-corrected chi connectivity index (χ1v) is 16.8. The molecule has 2 aromatic heterocycles.